The first-order chi connectivity index (χ1) is 12.9. The van der Waals surface area contributed by atoms with E-state index in [2.05, 4.69) is 4.99 Å². The van der Waals surface area contributed by atoms with Gasteiger partial charge in [-0.15, -0.1) is 0 Å². The van der Waals surface area contributed by atoms with Gasteiger partial charge in [0, 0.05) is 11.1 Å². The molecule has 2 heterocycles. The molecule has 4 nitrogen and oxygen atoms in total. The third-order valence-corrected chi connectivity index (χ3v) is 4.31. The highest BCUT2D eigenvalue weighted by molar-refractivity contribution is 6.09. The highest BCUT2D eigenvalue weighted by Gasteiger charge is 2.24. The molecule has 0 aromatic heterocycles. The van der Waals surface area contributed by atoms with Gasteiger partial charge in [-0.25, -0.2) is 4.99 Å². The molecule has 0 saturated heterocycles. The number of hydrogen-bond acceptors (Lipinski definition) is 4. The second kappa shape index (κ2) is 6.08. The summed E-state index contributed by atoms with van der Waals surface area (Å²) in [5, 5.41) is 0. The van der Waals surface area contributed by atoms with Crippen LogP contribution in [0.15, 0.2) is 77.8 Å². The van der Waals surface area contributed by atoms with Crippen molar-refractivity contribution < 1.29 is 14.2 Å². The van der Waals surface area contributed by atoms with Crippen molar-refractivity contribution in [2.45, 2.75) is 0 Å². The van der Waals surface area contributed by atoms with E-state index in [0.29, 0.717) is 5.90 Å². The predicted octanol–water partition coefficient (Wildman–Crippen LogP) is 5.02. The Balaban J connectivity index is 1.56. The van der Waals surface area contributed by atoms with Crippen LogP contribution in [0.2, 0.25) is 0 Å². The van der Waals surface area contributed by atoms with E-state index in [1.165, 1.54) is 0 Å². The van der Waals surface area contributed by atoms with Gasteiger partial charge < -0.3 is 14.2 Å². The summed E-state index contributed by atoms with van der Waals surface area (Å²) in [6.07, 6.45) is 1.99. The first-order valence-corrected chi connectivity index (χ1v) is 8.39. The van der Waals surface area contributed by atoms with Crippen molar-refractivity contribution in [3.05, 3.63) is 89.5 Å². The number of rotatable bonds is 2. The van der Waals surface area contributed by atoms with E-state index in [4.69, 9.17) is 14.2 Å². The molecule has 0 N–H and O–H groups in total. The Morgan fingerprint density at radius 2 is 1.54 bits per heavy atom. The molecule has 126 valence electrons. The summed E-state index contributed by atoms with van der Waals surface area (Å²) in [5.74, 6) is 2.91. The zero-order valence-corrected chi connectivity index (χ0v) is 13.9. The van der Waals surface area contributed by atoms with Gasteiger partial charge >= 0.3 is 0 Å². The first kappa shape index (κ1) is 14.8. The van der Waals surface area contributed by atoms with Gasteiger partial charge in [0.05, 0.1) is 5.69 Å². The number of fused-ring (bicyclic) bond motifs is 2. The fourth-order valence-electron chi connectivity index (χ4n) is 3.06. The van der Waals surface area contributed by atoms with Crippen LogP contribution in [0.1, 0.15) is 16.7 Å². The van der Waals surface area contributed by atoms with Crippen LogP contribution in [0, 0.1) is 0 Å². The molecule has 4 heteroatoms. The zero-order valence-electron chi connectivity index (χ0n) is 13.9. The highest BCUT2D eigenvalue weighted by Crippen LogP contribution is 2.36. The van der Waals surface area contributed by atoms with Gasteiger partial charge in [0.25, 0.3) is 0 Å². The average molecular weight is 341 g/mol. The van der Waals surface area contributed by atoms with Gasteiger partial charge in [0.1, 0.15) is 5.76 Å². The third kappa shape index (κ3) is 2.62. The molecule has 3 aromatic carbocycles. The van der Waals surface area contributed by atoms with Crippen LogP contribution >= 0.6 is 0 Å². The minimum atomic E-state index is 0.266. The van der Waals surface area contributed by atoms with Gasteiger partial charge in [-0.05, 0) is 42.0 Å². The summed E-state index contributed by atoms with van der Waals surface area (Å²) in [5.41, 5.74) is 3.87. The van der Waals surface area contributed by atoms with E-state index in [1.807, 2.05) is 78.9 Å². The summed E-state index contributed by atoms with van der Waals surface area (Å²) in [4.78, 5) is 4.66. The normalized spacial score (nSPS) is 17.4. The van der Waals surface area contributed by atoms with E-state index < -0.39 is 0 Å². The van der Waals surface area contributed by atoms with Crippen LogP contribution in [0.5, 0.6) is 11.5 Å². The van der Waals surface area contributed by atoms with Crippen molar-refractivity contribution >= 4 is 23.4 Å². The Kier molecular flexibility index (Phi) is 3.46. The molecule has 0 saturated carbocycles. The van der Waals surface area contributed by atoms with Crippen LogP contribution in [-0.2, 0) is 4.74 Å². The van der Waals surface area contributed by atoms with E-state index in [1.54, 1.807) is 0 Å². The van der Waals surface area contributed by atoms with Crippen molar-refractivity contribution in [3.8, 4) is 11.5 Å². The lowest BCUT2D eigenvalue weighted by atomic mass is 10.1. The Morgan fingerprint density at radius 1 is 0.769 bits per heavy atom. The smallest absolute Gasteiger partial charge is 0.231 e. The van der Waals surface area contributed by atoms with Crippen molar-refractivity contribution in [2.24, 2.45) is 4.99 Å². The summed E-state index contributed by atoms with van der Waals surface area (Å²) < 4.78 is 16.9. The van der Waals surface area contributed by atoms with Gasteiger partial charge in [0.2, 0.25) is 12.7 Å². The highest BCUT2D eigenvalue weighted by atomic mass is 16.7. The molecule has 0 unspecified atom stereocenters. The molecule has 2 aliphatic heterocycles. The molecule has 0 aliphatic carbocycles. The largest absolute Gasteiger partial charge is 0.454 e. The number of ether oxygens (including phenoxy) is 3. The average Bonchev–Trinajstić information content (AvgIpc) is 3.28. The van der Waals surface area contributed by atoms with E-state index in [-0.39, 0.29) is 6.79 Å². The topological polar surface area (TPSA) is 40.0 Å². The first-order valence-electron chi connectivity index (χ1n) is 8.39. The quantitative estimate of drug-likeness (QED) is 0.657. The summed E-state index contributed by atoms with van der Waals surface area (Å²) in [6, 6.07) is 23.7. The SMILES string of the molecule is C(=C1/OC(=Nc2ccccc2)c2ccccc21)/c1ccc2c(c1)OCO2. The van der Waals surface area contributed by atoms with Crippen LogP contribution < -0.4 is 9.47 Å². The number of benzene rings is 3. The summed E-state index contributed by atoms with van der Waals surface area (Å²) in [6.45, 7) is 0.266. The molecule has 0 spiro atoms. The molecular formula is C22H15NO3. The van der Waals surface area contributed by atoms with Crippen molar-refractivity contribution in [2.75, 3.05) is 6.79 Å². The summed E-state index contributed by atoms with van der Waals surface area (Å²) in [7, 11) is 0. The standard InChI is InChI=1S/C22H15NO3/c1-2-6-16(7-3-1)23-22-18-9-5-4-8-17(18)20(26-22)12-15-10-11-19-21(13-15)25-14-24-19/h1-13H,14H2/b20-12-,23-22?. The molecule has 5 rings (SSSR count). The van der Waals surface area contributed by atoms with Gasteiger partial charge in [0.15, 0.2) is 11.5 Å². The molecule has 0 bridgehead atoms. The third-order valence-electron chi connectivity index (χ3n) is 4.31. The van der Waals surface area contributed by atoms with Crippen LogP contribution in [0.3, 0.4) is 0 Å². The van der Waals surface area contributed by atoms with Crippen molar-refractivity contribution in [1.82, 2.24) is 0 Å². The fourth-order valence-corrected chi connectivity index (χ4v) is 3.06. The maximum atomic E-state index is 6.10. The Bertz CT molecular complexity index is 1040. The monoisotopic (exact) mass is 341 g/mol. The molecule has 0 amide bonds. The molecule has 0 atom stereocenters. The fraction of sp³-hybridized carbons (Fsp3) is 0.0455. The molecule has 3 aromatic rings. The summed E-state index contributed by atoms with van der Waals surface area (Å²) >= 11 is 0. The van der Waals surface area contributed by atoms with Gasteiger partial charge in [-0.2, -0.15) is 0 Å². The molecule has 2 aliphatic rings. The minimum Gasteiger partial charge on any atom is -0.454 e. The Morgan fingerprint density at radius 3 is 2.42 bits per heavy atom. The van der Waals surface area contributed by atoms with Gasteiger partial charge in [-0.3, -0.25) is 0 Å². The molecule has 26 heavy (non-hydrogen) atoms. The lowest BCUT2D eigenvalue weighted by Crippen LogP contribution is -1.95. The Hall–Kier alpha value is -3.53. The maximum absolute atomic E-state index is 6.10. The number of hydrogen-bond donors (Lipinski definition) is 0. The minimum absolute atomic E-state index is 0.266. The van der Waals surface area contributed by atoms with Gasteiger partial charge in [-0.1, -0.05) is 42.5 Å². The van der Waals surface area contributed by atoms with Crippen LogP contribution in [0.25, 0.3) is 11.8 Å². The second-order valence-electron chi connectivity index (χ2n) is 6.02. The van der Waals surface area contributed by atoms with E-state index in [9.17, 15) is 0 Å². The second-order valence-corrected chi connectivity index (χ2v) is 6.02. The van der Waals surface area contributed by atoms with Crippen LogP contribution in [0.4, 0.5) is 5.69 Å². The molecule has 0 radical (unpaired) electrons. The molecule has 0 fully saturated rings. The van der Waals surface area contributed by atoms with Crippen molar-refractivity contribution in [3.63, 3.8) is 0 Å². The predicted molar refractivity (Wildman–Crippen MR) is 101 cm³/mol. The lowest BCUT2D eigenvalue weighted by molar-refractivity contribution is 0.174. The Labute approximate surface area is 151 Å². The molecular weight excluding hydrogens is 326 g/mol. The van der Waals surface area contributed by atoms with E-state index in [0.717, 1.165) is 39.6 Å². The van der Waals surface area contributed by atoms with Crippen molar-refractivity contribution in [1.29, 1.82) is 0 Å². The number of aliphatic imine (C=N–C) groups is 1. The number of para-hydroxylation sites is 1. The number of nitrogens with zero attached hydrogens (tertiary/aromatic N) is 1. The lowest BCUT2D eigenvalue weighted by Gasteiger charge is -2.02. The van der Waals surface area contributed by atoms with E-state index >= 15 is 0 Å². The van der Waals surface area contributed by atoms with Crippen LogP contribution in [-0.4, -0.2) is 12.7 Å². The maximum Gasteiger partial charge on any atom is 0.231 e. The zero-order chi connectivity index (χ0) is 17.3.